The number of carbonyl (C=O) groups is 2. The van der Waals surface area contributed by atoms with Crippen LogP contribution in [0, 0.1) is 6.92 Å². The first-order valence-electron chi connectivity index (χ1n) is 6.05. The molecule has 0 aliphatic carbocycles. The van der Waals surface area contributed by atoms with E-state index >= 15 is 0 Å². The quantitative estimate of drug-likeness (QED) is 0.678. The SMILES string of the molecule is COC(=O)/C=C(/Nc1ccc2oc(C)nc2c1)C(=O)OC. The van der Waals surface area contributed by atoms with Crippen LogP contribution in [-0.4, -0.2) is 31.1 Å². The molecule has 0 saturated carbocycles. The molecule has 1 aromatic carbocycles. The van der Waals surface area contributed by atoms with Gasteiger partial charge in [-0.15, -0.1) is 0 Å². The zero-order valence-corrected chi connectivity index (χ0v) is 11.8. The van der Waals surface area contributed by atoms with Gasteiger partial charge in [0.25, 0.3) is 0 Å². The molecule has 0 aliphatic heterocycles. The third kappa shape index (κ3) is 3.38. The average Bonchev–Trinajstić information content (AvgIpc) is 2.84. The van der Waals surface area contributed by atoms with E-state index in [-0.39, 0.29) is 5.70 Å². The van der Waals surface area contributed by atoms with Crippen molar-refractivity contribution in [3.05, 3.63) is 35.9 Å². The Bertz CT molecular complexity index is 717. The summed E-state index contributed by atoms with van der Waals surface area (Å²) in [6, 6.07) is 5.10. The largest absolute Gasteiger partial charge is 0.466 e. The van der Waals surface area contributed by atoms with E-state index in [0.717, 1.165) is 6.08 Å². The molecule has 0 radical (unpaired) electrons. The van der Waals surface area contributed by atoms with Crippen LogP contribution in [0.25, 0.3) is 11.1 Å². The molecule has 2 rings (SSSR count). The van der Waals surface area contributed by atoms with Gasteiger partial charge in [0.05, 0.1) is 20.3 Å². The van der Waals surface area contributed by atoms with Crippen molar-refractivity contribution in [2.24, 2.45) is 0 Å². The van der Waals surface area contributed by atoms with Crippen molar-refractivity contribution in [3.8, 4) is 0 Å². The Hall–Kier alpha value is -2.83. The van der Waals surface area contributed by atoms with Gasteiger partial charge >= 0.3 is 11.9 Å². The molecule has 0 atom stereocenters. The molecule has 1 aromatic heterocycles. The molecule has 0 aliphatic rings. The van der Waals surface area contributed by atoms with Gasteiger partial charge in [-0.1, -0.05) is 0 Å². The van der Waals surface area contributed by atoms with Crippen molar-refractivity contribution in [2.75, 3.05) is 19.5 Å². The predicted molar refractivity (Wildman–Crippen MR) is 74.5 cm³/mol. The molecule has 0 spiro atoms. The van der Waals surface area contributed by atoms with Crippen molar-refractivity contribution in [1.29, 1.82) is 0 Å². The Kier molecular flexibility index (Phi) is 4.22. The van der Waals surface area contributed by atoms with Gasteiger partial charge in [-0.25, -0.2) is 14.6 Å². The maximum Gasteiger partial charge on any atom is 0.354 e. The fraction of sp³-hybridized carbons (Fsp3) is 0.214. The number of carbonyl (C=O) groups excluding carboxylic acids is 2. The fourth-order valence-electron chi connectivity index (χ4n) is 1.71. The van der Waals surface area contributed by atoms with Gasteiger partial charge < -0.3 is 19.2 Å². The van der Waals surface area contributed by atoms with Crippen molar-refractivity contribution in [3.63, 3.8) is 0 Å². The molecule has 0 amide bonds. The Morgan fingerprint density at radius 3 is 2.71 bits per heavy atom. The highest BCUT2D eigenvalue weighted by Crippen LogP contribution is 2.21. The number of aryl methyl sites for hydroxylation is 1. The lowest BCUT2D eigenvalue weighted by Crippen LogP contribution is -2.15. The number of nitrogens with one attached hydrogen (secondary N) is 1. The molecule has 7 heteroatoms. The lowest BCUT2D eigenvalue weighted by molar-refractivity contribution is -0.138. The normalized spacial score (nSPS) is 11.3. The van der Waals surface area contributed by atoms with Crippen LogP contribution in [0.2, 0.25) is 0 Å². The number of methoxy groups -OCH3 is 2. The van der Waals surface area contributed by atoms with Crippen LogP contribution in [0.4, 0.5) is 5.69 Å². The number of esters is 2. The molecule has 0 bridgehead atoms. The number of ether oxygens (including phenoxy) is 2. The van der Waals surface area contributed by atoms with E-state index in [9.17, 15) is 9.59 Å². The van der Waals surface area contributed by atoms with Crippen LogP contribution < -0.4 is 5.32 Å². The van der Waals surface area contributed by atoms with Gasteiger partial charge in [0.2, 0.25) is 0 Å². The Balaban J connectivity index is 2.31. The molecule has 1 N–H and O–H groups in total. The second-order valence-electron chi connectivity index (χ2n) is 4.11. The number of hydrogen-bond donors (Lipinski definition) is 1. The number of oxazole rings is 1. The molecular weight excluding hydrogens is 276 g/mol. The van der Waals surface area contributed by atoms with Crippen LogP contribution in [-0.2, 0) is 19.1 Å². The Labute approximate surface area is 120 Å². The van der Waals surface area contributed by atoms with Crippen LogP contribution in [0.3, 0.4) is 0 Å². The Morgan fingerprint density at radius 1 is 1.29 bits per heavy atom. The summed E-state index contributed by atoms with van der Waals surface area (Å²) in [5.74, 6) is -0.807. The average molecular weight is 290 g/mol. The number of benzene rings is 1. The van der Waals surface area contributed by atoms with E-state index in [0.29, 0.717) is 22.7 Å². The van der Waals surface area contributed by atoms with Gasteiger partial charge in [-0.2, -0.15) is 0 Å². The van der Waals surface area contributed by atoms with Crippen LogP contribution in [0.5, 0.6) is 0 Å². The number of nitrogens with zero attached hydrogens (tertiary/aromatic N) is 1. The lowest BCUT2D eigenvalue weighted by atomic mass is 10.2. The molecule has 21 heavy (non-hydrogen) atoms. The summed E-state index contributed by atoms with van der Waals surface area (Å²) in [6.07, 6.45) is 1.02. The molecule has 7 nitrogen and oxygen atoms in total. The van der Waals surface area contributed by atoms with Crippen LogP contribution >= 0.6 is 0 Å². The van der Waals surface area contributed by atoms with Crippen molar-refractivity contribution in [2.45, 2.75) is 6.92 Å². The first kappa shape index (κ1) is 14.6. The van der Waals surface area contributed by atoms with E-state index < -0.39 is 11.9 Å². The van der Waals surface area contributed by atoms with E-state index in [4.69, 9.17) is 4.42 Å². The van der Waals surface area contributed by atoms with Crippen LogP contribution in [0.1, 0.15) is 5.89 Å². The summed E-state index contributed by atoms with van der Waals surface area (Å²) in [4.78, 5) is 27.1. The third-order valence-electron chi connectivity index (χ3n) is 2.64. The number of fused-ring (bicyclic) bond motifs is 1. The third-order valence-corrected chi connectivity index (χ3v) is 2.64. The summed E-state index contributed by atoms with van der Waals surface area (Å²) >= 11 is 0. The minimum absolute atomic E-state index is 0.0380. The lowest BCUT2D eigenvalue weighted by Gasteiger charge is -2.08. The van der Waals surface area contributed by atoms with E-state index in [2.05, 4.69) is 19.8 Å². The van der Waals surface area contributed by atoms with E-state index in [1.807, 2.05) is 0 Å². The summed E-state index contributed by atoms with van der Waals surface area (Å²) < 4.78 is 14.5. The second-order valence-corrected chi connectivity index (χ2v) is 4.11. The molecule has 2 aromatic rings. The zero-order valence-electron chi connectivity index (χ0n) is 11.8. The standard InChI is InChI=1S/C14H14N2O5/c1-8-15-10-6-9(4-5-12(10)21-8)16-11(14(18)20-3)7-13(17)19-2/h4-7,16H,1-3H3/b11-7+. The number of rotatable bonds is 4. The maximum absolute atomic E-state index is 11.6. The Morgan fingerprint density at radius 2 is 2.05 bits per heavy atom. The summed E-state index contributed by atoms with van der Waals surface area (Å²) in [7, 11) is 2.44. The highest BCUT2D eigenvalue weighted by molar-refractivity contribution is 5.99. The van der Waals surface area contributed by atoms with E-state index in [1.54, 1.807) is 25.1 Å². The zero-order chi connectivity index (χ0) is 15.4. The van der Waals surface area contributed by atoms with E-state index in [1.165, 1.54) is 14.2 Å². The van der Waals surface area contributed by atoms with Crippen molar-refractivity contribution < 1.29 is 23.5 Å². The highest BCUT2D eigenvalue weighted by atomic mass is 16.5. The molecular formula is C14H14N2O5. The maximum atomic E-state index is 11.6. The van der Waals surface area contributed by atoms with Crippen molar-refractivity contribution >= 4 is 28.7 Å². The predicted octanol–water partition coefficient (Wildman–Crippen LogP) is 1.78. The van der Waals surface area contributed by atoms with Gasteiger partial charge in [-0.3, -0.25) is 0 Å². The fourth-order valence-corrected chi connectivity index (χ4v) is 1.71. The second kappa shape index (κ2) is 6.08. The van der Waals surface area contributed by atoms with Gasteiger partial charge in [-0.05, 0) is 18.2 Å². The molecule has 0 fully saturated rings. The molecule has 0 unspecified atom stereocenters. The van der Waals surface area contributed by atoms with Gasteiger partial charge in [0.15, 0.2) is 11.5 Å². The highest BCUT2D eigenvalue weighted by Gasteiger charge is 2.13. The molecule has 110 valence electrons. The minimum Gasteiger partial charge on any atom is -0.466 e. The summed E-state index contributed by atoms with van der Waals surface area (Å²) in [6.45, 7) is 1.74. The summed E-state index contributed by atoms with van der Waals surface area (Å²) in [5.41, 5.74) is 1.80. The minimum atomic E-state index is -0.683. The monoisotopic (exact) mass is 290 g/mol. The number of aromatic nitrogens is 1. The topological polar surface area (TPSA) is 90.7 Å². The first-order chi connectivity index (χ1) is 10.0. The molecule has 1 heterocycles. The first-order valence-corrected chi connectivity index (χ1v) is 6.05. The number of anilines is 1. The van der Waals surface area contributed by atoms with Gasteiger partial charge in [0, 0.05) is 12.6 Å². The van der Waals surface area contributed by atoms with Crippen molar-refractivity contribution in [1.82, 2.24) is 4.98 Å². The summed E-state index contributed by atoms with van der Waals surface area (Å²) in [5, 5.41) is 2.80. The smallest absolute Gasteiger partial charge is 0.354 e. The molecule has 0 saturated heterocycles. The van der Waals surface area contributed by atoms with Crippen LogP contribution in [0.15, 0.2) is 34.4 Å². The van der Waals surface area contributed by atoms with Gasteiger partial charge in [0.1, 0.15) is 11.2 Å². The number of hydrogen-bond acceptors (Lipinski definition) is 7.